The third kappa shape index (κ3) is 5.06. The Morgan fingerprint density at radius 2 is 2.00 bits per heavy atom. The Kier molecular flexibility index (Phi) is 5.77. The van der Waals surface area contributed by atoms with Gasteiger partial charge in [0, 0.05) is 25.7 Å². The highest BCUT2D eigenvalue weighted by atomic mass is 16.3. The average molecular weight is 318 g/mol. The second-order valence-electron chi connectivity index (χ2n) is 6.39. The summed E-state index contributed by atoms with van der Waals surface area (Å²) in [6.07, 6.45) is 3.51. The summed E-state index contributed by atoms with van der Waals surface area (Å²) in [6, 6.07) is 7.50. The molecule has 0 unspecified atom stereocenters. The molecule has 5 heteroatoms. The third-order valence-corrected chi connectivity index (χ3v) is 4.44. The summed E-state index contributed by atoms with van der Waals surface area (Å²) in [5.41, 5.74) is 0.836. The molecule has 0 aromatic heterocycles. The largest absolute Gasteiger partial charge is 0.389 e. The summed E-state index contributed by atoms with van der Waals surface area (Å²) >= 11 is 0. The zero-order valence-electron chi connectivity index (χ0n) is 14.0. The fraction of sp³-hybridized carbons (Fsp3) is 0.556. The molecule has 0 bridgehead atoms. The van der Waals surface area contributed by atoms with Crippen LogP contribution in [0, 0.1) is 0 Å². The summed E-state index contributed by atoms with van der Waals surface area (Å²) in [5, 5.41) is 13.2. The van der Waals surface area contributed by atoms with E-state index in [0.717, 1.165) is 18.4 Å². The Bertz CT molecular complexity index is 565. The van der Waals surface area contributed by atoms with Crippen LogP contribution in [0.4, 0.5) is 5.69 Å². The van der Waals surface area contributed by atoms with Crippen LogP contribution in [0.2, 0.25) is 0 Å². The number of nitrogens with zero attached hydrogens (tertiary/aromatic N) is 1. The third-order valence-electron chi connectivity index (χ3n) is 4.44. The van der Waals surface area contributed by atoms with Crippen molar-refractivity contribution in [3.63, 3.8) is 0 Å². The minimum absolute atomic E-state index is 0.0328. The lowest BCUT2D eigenvalue weighted by atomic mass is 9.97. The predicted octanol–water partition coefficient (Wildman–Crippen LogP) is 2.69. The van der Waals surface area contributed by atoms with Crippen LogP contribution in [0.25, 0.3) is 0 Å². The summed E-state index contributed by atoms with van der Waals surface area (Å²) in [5.74, 6) is -0.129. The van der Waals surface area contributed by atoms with Gasteiger partial charge in [-0.15, -0.1) is 0 Å². The molecule has 1 aliphatic rings. The predicted molar refractivity (Wildman–Crippen MR) is 89.9 cm³/mol. The highest BCUT2D eigenvalue weighted by Crippen LogP contribution is 2.32. The van der Waals surface area contributed by atoms with Gasteiger partial charge in [-0.05, 0) is 37.5 Å². The Hall–Kier alpha value is -1.88. The molecule has 2 rings (SSSR count). The van der Waals surface area contributed by atoms with Crippen LogP contribution < -0.4 is 5.32 Å². The van der Waals surface area contributed by atoms with E-state index in [1.54, 1.807) is 11.8 Å². The van der Waals surface area contributed by atoms with Gasteiger partial charge in [-0.1, -0.05) is 25.0 Å². The Morgan fingerprint density at radius 1 is 1.30 bits per heavy atom. The highest BCUT2D eigenvalue weighted by Gasteiger charge is 2.33. The molecule has 1 saturated carbocycles. The maximum absolute atomic E-state index is 12.1. The molecule has 2 amide bonds. The summed E-state index contributed by atoms with van der Waals surface area (Å²) in [4.78, 5) is 25.4. The maximum Gasteiger partial charge on any atom is 0.227 e. The van der Waals surface area contributed by atoms with Gasteiger partial charge < -0.3 is 15.3 Å². The highest BCUT2D eigenvalue weighted by molar-refractivity contribution is 5.91. The van der Waals surface area contributed by atoms with Crippen LogP contribution in [0.5, 0.6) is 0 Å². The van der Waals surface area contributed by atoms with Crippen molar-refractivity contribution in [2.45, 2.75) is 58.1 Å². The summed E-state index contributed by atoms with van der Waals surface area (Å²) < 4.78 is 0. The molecule has 1 aromatic rings. The zero-order chi connectivity index (χ0) is 16.9. The molecule has 0 saturated heterocycles. The molecular weight excluding hydrogens is 292 g/mol. The monoisotopic (exact) mass is 318 g/mol. The van der Waals surface area contributed by atoms with Gasteiger partial charge in [-0.3, -0.25) is 9.59 Å². The number of carbonyl (C=O) groups excluding carboxylic acids is 2. The van der Waals surface area contributed by atoms with Crippen molar-refractivity contribution in [1.29, 1.82) is 0 Å². The van der Waals surface area contributed by atoms with Gasteiger partial charge >= 0.3 is 0 Å². The number of carbonyl (C=O) groups is 2. The number of aliphatic hydroxyl groups is 1. The molecule has 23 heavy (non-hydrogen) atoms. The number of benzene rings is 1. The van der Waals surface area contributed by atoms with E-state index in [1.165, 1.54) is 0 Å². The van der Waals surface area contributed by atoms with Gasteiger partial charge in [0.25, 0.3) is 0 Å². The van der Waals surface area contributed by atoms with Crippen LogP contribution >= 0.6 is 0 Å². The molecule has 1 aliphatic carbocycles. The number of hydrogen-bond donors (Lipinski definition) is 2. The smallest absolute Gasteiger partial charge is 0.227 e. The zero-order valence-corrected chi connectivity index (χ0v) is 14.0. The van der Waals surface area contributed by atoms with E-state index in [4.69, 9.17) is 0 Å². The average Bonchev–Trinajstić information content (AvgIpc) is 2.90. The molecular formula is C18H26N2O3. The molecule has 0 radical (unpaired) electrons. The lowest BCUT2D eigenvalue weighted by Crippen LogP contribution is -2.30. The number of amides is 2. The van der Waals surface area contributed by atoms with Gasteiger partial charge in [-0.2, -0.15) is 0 Å². The van der Waals surface area contributed by atoms with Crippen LogP contribution in [-0.2, 0) is 16.1 Å². The Balaban J connectivity index is 1.96. The first kappa shape index (κ1) is 17.5. The number of anilines is 1. The second-order valence-corrected chi connectivity index (χ2v) is 6.39. The number of nitrogens with one attached hydrogen (secondary N) is 1. The van der Waals surface area contributed by atoms with E-state index in [0.29, 0.717) is 31.6 Å². The van der Waals surface area contributed by atoms with E-state index in [-0.39, 0.29) is 18.2 Å². The number of hydrogen-bond acceptors (Lipinski definition) is 3. The molecule has 1 fully saturated rings. The minimum atomic E-state index is -0.838. The van der Waals surface area contributed by atoms with Crippen molar-refractivity contribution < 1.29 is 14.7 Å². The maximum atomic E-state index is 12.1. The van der Waals surface area contributed by atoms with Crippen molar-refractivity contribution in [2.75, 3.05) is 11.9 Å². The van der Waals surface area contributed by atoms with Crippen molar-refractivity contribution in [3.8, 4) is 0 Å². The molecule has 2 N–H and O–H groups in total. The first-order valence-corrected chi connectivity index (χ1v) is 8.28. The lowest BCUT2D eigenvalue weighted by molar-refractivity contribution is -0.129. The second kappa shape index (κ2) is 7.59. The first-order valence-electron chi connectivity index (χ1n) is 8.28. The fourth-order valence-electron chi connectivity index (χ4n) is 3.13. The van der Waals surface area contributed by atoms with E-state index in [1.807, 2.05) is 31.2 Å². The molecule has 126 valence electrons. The molecule has 0 aliphatic heterocycles. The summed E-state index contributed by atoms with van der Waals surface area (Å²) in [6.45, 7) is 4.67. The van der Waals surface area contributed by atoms with Crippen molar-refractivity contribution in [3.05, 3.63) is 29.8 Å². The quantitative estimate of drug-likeness (QED) is 0.847. The molecule has 1 aromatic carbocycles. The first-order chi connectivity index (χ1) is 10.9. The standard InChI is InChI=1S/C18H26N2O3/c1-3-20(14(2)21)13-15-7-6-8-16(11-15)19-17(22)12-18(23)9-4-5-10-18/h6-8,11,23H,3-5,9-10,12-13H2,1-2H3,(H,19,22). The number of rotatable bonds is 6. The fourth-order valence-corrected chi connectivity index (χ4v) is 3.13. The van der Waals surface area contributed by atoms with Crippen molar-refractivity contribution in [1.82, 2.24) is 4.90 Å². The molecule has 0 heterocycles. The van der Waals surface area contributed by atoms with Crippen LogP contribution in [-0.4, -0.2) is 34.0 Å². The molecule has 5 nitrogen and oxygen atoms in total. The summed E-state index contributed by atoms with van der Waals surface area (Å²) in [7, 11) is 0. The van der Waals surface area contributed by atoms with E-state index >= 15 is 0 Å². The lowest BCUT2D eigenvalue weighted by Gasteiger charge is -2.21. The van der Waals surface area contributed by atoms with Gasteiger partial charge in [-0.25, -0.2) is 0 Å². The van der Waals surface area contributed by atoms with Gasteiger partial charge in [0.1, 0.15) is 0 Å². The Labute approximate surface area is 137 Å². The molecule has 0 atom stereocenters. The van der Waals surface area contributed by atoms with E-state index in [2.05, 4.69) is 5.32 Å². The van der Waals surface area contributed by atoms with Crippen molar-refractivity contribution in [2.24, 2.45) is 0 Å². The normalized spacial score (nSPS) is 16.1. The minimum Gasteiger partial charge on any atom is -0.389 e. The van der Waals surface area contributed by atoms with Crippen molar-refractivity contribution >= 4 is 17.5 Å². The van der Waals surface area contributed by atoms with Crippen LogP contribution in [0.3, 0.4) is 0 Å². The van der Waals surface area contributed by atoms with Gasteiger partial charge in [0.15, 0.2) is 0 Å². The van der Waals surface area contributed by atoms with E-state index < -0.39 is 5.60 Å². The SMILES string of the molecule is CCN(Cc1cccc(NC(=O)CC2(O)CCCC2)c1)C(C)=O. The van der Waals surface area contributed by atoms with Gasteiger partial charge in [0.2, 0.25) is 11.8 Å². The van der Waals surface area contributed by atoms with Crippen LogP contribution in [0.15, 0.2) is 24.3 Å². The van der Waals surface area contributed by atoms with E-state index in [9.17, 15) is 14.7 Å². The van der Waals surface area contributed by atoms with Crippen LogP contribution in [0.1, 0.15) is 51.5 Å². The molecule has 0 spiro atoms. The topological polar surface area (TPSA) is 69.6 Å². The van der Waals surface area contributed by atoms with Gasteiger partial charge in [0.05, 0.1) is 12.0 Å². The Morgan fingerprint density at radius 3 is 2.61 bits per heavy atom.